The number of hydrogen-bond acceptors (Lipinski definition) is 2. The van der Waals surface area contributed by atoms with Gasteiger partial charge in [0, 0.05) is 12.6 Å². The van der Waals surface area contributed by atoms with Gasteiger partial charge in [-0.05, 0) is 43.4 Å². The van der Waals surface area contributed by atoms with Gasteiger partial charge < -0.3 is 10.1 Å². The van der Waals surface area contributed by atoms with E-state index in [9.17, 15) is 4.39 Å². The van der Waals surface area contributed by atoms with Crippen molar-refractivity contribution >= 4 is 0 Å². The fourth-order valence-corrected chi connectivity index (χ4v) is 1.80. The number of hydrogen-bond donors (Lipinski definition) is 1. The van der Waals surface area contributed by atoms with E-state index in [0.29, 0.717) is 18.3 Å². The SMILES string of the molecule is COc1ccc(CNC(C)CCC(C)C)cc1F. The van der Waals surface area contributed by atoms with Crippen LogP contribution in [0.4, 0.5) is 4.39 Å². The van der Waals surface area contributed by atoms with Gasteiger partial charge >= 0.3 is 0 Å². The normalized spacial score (nSPS) is 12.8. The number of halogens is 1. The molecule has 1 rings (SSSR count). The van der Waals surface area contributed by atoms with E-state index in [4.69, 9.17) is 4.74 Å². The topological polar surface area (TPSA) is 21.3 Å². The maximum absolute atomic E-state index is 13.5. The highest BCUT2D eigenvalue weighted by molar-refractivity contribution is 5.29. The minimum absolute atomic E-state index is 0.298. The third kappa shape index (κ3) is 5.05. The van der Waals surface area contributed by atoms with Crippen LogP contribution in [0.3, 0.4) is 0 Å². The molecule has 1 unspecified atom stereocenters. The summed E-state index contributed by atoms with van der Waals surface area (Å²) in [6, 6.07) is 5.55. The number of rotatable bonds is 7. The van der Waals surface area contributed by atoms with Gasteiger partial charge in [-0.3, -0.25) is 0 Å². The summed E-state index contributed by atoms with van der Waals surface area (Å²) in [5, 5.41) is 3.41. The molecule has 18 heavy (non-hydrogen) atoms. The van der Waals surface area contributed by atoms with Crippen molar-refractivity contribution in [3.63, 3.8) is 0 Å². The van der Waals surface area contributed by atoms with Crippen LogP contribution in [0.25, 0.3) is 0 Å². The van der Waals surface area contributed by atoms with Gasteiger partial charge in [0.1, 0.15) is 0 Å². The molecule has 1 N–H and O–H groups in total. The zero-order valence-electron chi connectivity index (χ0n) is 11.8. The van der Waals surface area contributed by atoms with E-state index in [-0.39, 0.29) is 5.82 Å². The summed E-state index contributed by atoms with van der Waals surface area (Å²) in [5.74, 6) is 0.728. The molecule has 1 atom stereocenters. The predicted octanol–water partition coefficient (Wildman–Crippen LogP) is 3.75. The average molecular weight is 253 g/mol. The molecule has 0 saturated heterocycles. The monoisotopic (exact) mass is 253 g/mol. The number of nitrogens with one attached hydrogen (secondary N) is 1. The van der Waals surface area contributed by atoms with Gasteiger partial charge in [0.25, 0.3) is 0 Å². The lowest BCUT2D eigenvalue weighted by Crippen LogP contribution is -2.25. The lowest BCUT2D eigenvalue weighted by Gasteiger charge is -2.15. The molecule has 0 bridgehead atoms. The van der Waals surface area contributed by atoms with Crippen LogP contribution in [0.2, 0.25) is 0 Å². The first-order valence-corrected chi connectivity index (χ1v) is 6.58. The van der Waals surface area contributed by atoms with Crippen molar-refractivity contribution in [2.24, 2.45) is 5.92 Å². The van der Waals surface area contributed by atoms with Gasteiger partial charge in [-0.15, -0.1) is 0 Å². The zero-order chi connectivity index (χ0) is 13.5. The van der Waals surface area contributed by atoms with Gasteiger partial charge in [0.05, 0.1) is 7.11 Å². The van der Waals surface area contributed by atoms with Crippen LogP contribution in [0.15, 0.2) is 18.2 Å². The molecule has 102 valence electrons. The van der Waals surface area contributed by atoms with Crippen LogP contribution in [-0.2, 0) is 6.54 Å². The average Bonchev–Trinajstić information content (AvgIpc) is 2.34. The molecular formula is C15H24FNO. The molecule has 3 heteroatoms. The Morgan fingerprint density at radius 2 is 1.94 bits per heavy atom. The Bertz CT molecular complexity index is 366. The van der Waals surface area contributed by atoms with Crippen LogP contribution in [-0.4, -0.2) is 13.2 Å². The summed E-state index contributed by atoms with van der Waals surface area (Å²) in [6.07, 6.45) is 2.36. The minimum Gasteiger partial charge on any atom is -0.494 e. The van der Waals surface area contributed by atoms with Crippen LogP contribution >= 0.6 is 0 Å². The van der Waals surface area contributed by atoms with Gasteiger partial charge in [-0.2, -0.15) is 0 Å². The van der Waals surface area contributed by atoms with Crippen LogP contribution in [0.1, 0.15) is 39.2 Å². The summed E-state index contributed by atoms with van der Waals surface area (Å²) >= 11 is 0. The fourth-order valence-electron chi connectivity index (χ4n) is 1.80. The predicted molar refractivity (Wildman–Crippen MR) is 73.3 cm³/mol. The van der Waals surface area contributed by atoms with Crippen LogP contribution in [0, 0.1) is 11.7 Å². The van der Waals surface area contributed by atoms with Crippen molar-refractivity contribution in [3.8, 4) is 5.75 Å². The molecular weight excluding hydrogens is 229 g/mol. The second-order valence-corrected chi connectivity index (χ2v) is 5.22. The summed E-state index contributed by atoms with van der Waals surface area (Å²) in [5.41, 5.74) is 0.949. The summed E-state index contributed by atoms with van der Waals surface area (Å²) < 4.78 is 18.4. The third-order valence-electron chi connectivity index (χ3n) is 3.05. The Morgan fingerprint density at radius 1 is 1.22 bits per heavy atom. The molecule has 1 aromatic carbocycles. The first-order valence-electron chi connectivity index (χ1n) is 6.58. The van der Waals surface area contributed by atoms with E-state index in [0.717, 1.165) is 17.9 Å². The second kappa shape index (κ2) is 7.37. The van der Waals surface area contributed by atoms with E-state index in [1.165, 1.54) is 19.6 Å². The van der Waals surface area contributed by atoms with Gasteiger partial charge in [-0.25, -0.2) is 4.39 Å². The standard InChI is InChI=1S/C15H24FNO/c1-11(2)5-6-12(3)17-10-13-7-8-15(18-4)14(16)9-13/h7-9,11-12,17H,5-6,10H2,1-4H3. The summed E-state index contributed by atoms with van der Waals surface area (Å²) in [7, 11) is 1.48. The highest BCUT2D eigenvalue weighted by Gasteiger charge is 2.06. The van der Waals surface area contributed by atoms with Crippen molar-refractivity contribution in [1.82, 2.24) is 5.32 Å². The molecule has 0 radical (unpaired) electrons. The van der Waals surface area contributed by atoms with Crippen molar-refractivity contribution in [2.45, 2.75) is 46.2 Å². The summed E-state index contributed by atoms with van der Waals surface area (Å²) in [6.45, 7) is 7.32. The number of benzene rings is 1. The molecule has 0 aliphatic carbocycles. The molecule has 0 aliphatic heterocycles. The van der Waals surface area contributed by atoms with E-state index in [2.05, 4.69) is 26.1 Å². The lowest BCUT2D eigenvalue weighted by atomic mass is 10.0. The second-order valence-electron chi connectivity index (χ2n) is 5.22. The Morgan fingerprint density at radius 3 is 2.50 bits per heavy atom. The van der Waals surface area contributed by atoms with E-state index in [1.807, 2.05) is 6.07 Å². The molecule has 0 amide bonds. The molecule has 0 fully saturated rings. The minimum atomic E-state index is -0.299. The molecule has 0 saturated carbocycles. The van der Waals surface area contributed by atoms with E-state index in [1.54, 1.807) is 6.07 Å². The zero-order valence-corrected chi connectivity index (χ0v) is 11.8. The fraction of sp³-hybridized carbons (Fsp3) is 0.600. The van der Waals surface area contributed by atoms with Gasteiger partial charge in [0.15, 0.2) is 11.6 Å². The summed E-state index contributed by atoms with van der Waals surface area (Å²) in [4.78, 5) is 0. The van der Waals surface area contributed by atoms with Gasteiger partial charge in [0.2, 0.25) is 0 Å². The highest BCUT2D eigenvalue weighted by atomic mass is 19.1. The van der Waals surface area contributed by atoms with E-state index < -0.39 is 0 Å². The third-order valence-corrected chi connectivity index (χ3v) is 3.05. The van der Waals surface area contributed by atoms with E-state index >= 15 is 0 Å². The smallest absolute Gasteiger partial charge is 0.165 e. The first-order chi connectivity index (χ1) is 8.52. The first kappa shape index (κ1) is 15.0. The van der Waals surface area contributed by atoms with Crippen molar-refractivity contribution in [1.29, 1.82) is 0 Å². The van der Waals surface area contributed by atoms with Crippen LogP contribution in [0.5, 0.6) is 5.75 Å². The molecule has 0 spiro atoms. The van der Waals surface area contributed by atoms with Crippen molar-refractivity contribution < 1.29 is 9.13 Å². The Hall–Kier alpha value is -1.09. The molecule has 0 aliphatic rings. The lowest BCUT2D eigenvalue weighted by molar-refractivity contribution is 0.385. The largest absolute Gasteiger partial charge is 0.494 e. The Labute approximate surface area is 110 Å². The molecule has 0 heterocycles. The van der Waals surface area contributed by atoms with Crippen molar-refractivity contribution in [3.05, 3.63) is 29.6 Å². The maximum Gasteiger partial charge on any atom is 0.165 e. The van der Waals surface area contributed by atoms with Gasteiger partial charge in [-0.1, -0.05) is 19.9 Å². The number of methoxy groups -OCH3 is 1. The Kier molecular flexibility index (Phi) is 6.13. The maximum atomic E-state index is 13.5. The molecule has 0 aromatic heterocycles. The quantitative estimate of drug-likeness (QED) is 0.799. The van der Waals surface area contributed by atoms with Crippen molar-refractivity contribution in [2.75, 3.05) is 7.11 Å². The highest BCUT2D eigenvalue weighted by Crippen LogP contribution is 2.17. The molecule has 1 aromatic rings. The Balaban J connectivity index is 2.41. The van der Waals surface area contributed by atoms with Crippen LogP contribution < -0.4 is 10.1 Å². The number of ether oxygens (including phenoxy) is 1. The molecule has 2 nitrogen and oxygen atoms in total.